The standard InChI is InChI=1S/C18H28N4O4/c1-18(2,3)26-17(23)22-9-5-6-12(22)11-25-16-20-14-10-19-8-7-13(14)15(21-16)24-4/h12,19H,5-11H2,1-4H3. The number of fused-ring (bicyclic) bond motifs is 1. The van der Waals surface area contributed by atoms with Crippen molar-refractivity contribution in [3.63, 3.8) is 0 Å². The van der Waals surface area contributed by atoms with Gasteiger partial charge in [-0.1, -0.05) is 0 Å². The van der Waals surface area contributed by atoms with Crippen LogP contribution >= 0.6 is 0 Å². The third-order valence-corrected chi connectivity index (χ3v) is 4.48. The predicted octanol–water partition coefficient (Wildman–Crippen LogP) is 1.91. The Balaban J connectivity index is 1.65. The quantitative estimate of drug-likeness (QED) is 0.873. The molecule has 0 aliphatic carbocycles. The molecule has 1 amide bonds. The van der Waals surface area contributed by atoms with Crippen LogP contribution in [0, 0.1) is 0 Å². The highest BCUT2D eigenvalue weighted by atomic mass is 16.6. The number of rotatable bonds is 4. The number of amides is 1. The van der Waals surface area contributed by atoms with Crippen molar-refractivity contribution < 1.29 is 19.0 Å². The summed E-state index contributed by atoms with van der Waals surface area (Å²) in [6.07, 6.45) is 2.36. The molecule has 1 N–H and O–H groups in total. The molecule has 2 aliphatic rings. The van der Waals surface area contributed by atoms with Crippen LogP contribution in [0.4, 0.5) is 4.79 Å². The zero-order valence-electron chi connectivity index (χ0n) is 16.0. The van der Waals surface area contributed by atoms with Crippen LogP contribution in [-0.2, 0) is 17.7 Å². The second-order valence-corrected chi connectivity index (χ2v) is 7.65. The molecule has 8 heteroatoms. The second kappa shape index (κ2) is 7.65. The molecule has 8 nitrogen and oxygen atoms in total. The molecule has 1 aromatic heterocycles. The fraction of sp³-hybridized carbons (Fsp3) is 0.722. The number of ether oxygens (including phenoxy) is 3. The van der Waals surface area contributed by atoms with E-state index < -0.39 is 5.60 Å². The fourth-order valence-corrected chi connectivity index (χ4v) is 3.28. The van der Waals surface area contributed by atoms with Crippen LogP contribution in [0.5, 0.6) is 11.9 Å². The van der Waals surface area contributed by atoms with Crippen LogP contribution in [0.3, 0.4) is 0 Å². The van der Waals surface area contributed by atoms with E-state index in [1.807, 2.05) is 20.8 Å². The van der Waals surface area contributed by atoms with E-state index in [0.717, 1.165) is 37.1 Å². The highest BCUT2D eigenvalue weighted by Crippen LogP contribution is 2.26. The van der Waals surface area contributed by atoms with Gasteiger partial charge in [0, 0.05) is 18.7 Å². The maximum atomic E-state index is 12.4. The summed E-state index contributed by atoms with van der Waals surface area (Å²) in [5.41, 5.74) is 1.44. The van der Waals surface area contributed by atoms with Crippen molar-refractivity contribution >= 4 is 6.09 Å². The molecule has 1 atom stereocenters. The SMILES string of the molecule is COc1nc(OCC2CCCN2C(=O)OC(C)(C)C)nc2c1CCNC2. The monoisotopic (exact) mass is 364 g/mol. The van der Waals surface area contributed by atoms with Crippen molar-refractivity contribution in [1.29, 1.82) is 0 Å². The summed E-state index contributed by atoms with van der Waals surface area (Å²) in [6.45, 7) is 8.20. The average molecular weight is 364 g/mol. The summed E-state index contributed by atoms with van der Waals surface area (Å²) in [6, 6.07) is 0.258. The third-order valence-electron chi connectivity index (χ3n) is 4.48. The Morgan fingerprint density at radius 3 is 2.88 bits per heavy atom. The Hall–Kier alpha value is -2.09. The van der Waals surface area contributed by atoms with Crippen LogP contribution in [0.2, 0.25) is 0 Å². The van der Waals surface area contributed by atoms with Crippen molar-refractivity contribution in [3.05, 3.63) is 11.3 Å². The van der Waals surface area contributed by atoms with Gasteiger partial charge in [0.25, 0.3) is 0 Å². The Morgan fingerprint density at radius 1 is 1.35 bits per heavy atom. The van der Waals surface area contributed by atoms with Gasteiger partial charge in [0.2, 0.25) is 5.88 Å². The Bertz CT molecular complexity index is 642. The molecule has 2 aliphatic heterocycles. The number of hydrogen-bond acceptors (Lipinski definition) is 7. The molecule has 1 aromatic rings. The fourth-order valence-electron chi connectivity index (χ4n) is 3.28. The Labute approximate surface area is 154 Å². The number of likely N-dealkylation sites (tertiary alicyclic amines) is 1. The van der Waals surface area contributed by atoms with E-state index in [9.17, 15) is 4.79 Å². The number of aromatic nitrogens is 2. The summed E-state index contributed by atoms with van der Waals surface area (Å²) < 4.78 is 16.7. The molecule has 1 fully saturated rings. The van der Waals surface area contributed by atoms with E-state index in [2.05, 4.69) is 15.3 Å². The molecule has 1 saturated heterocycles. The first-order valence-corrected chi connectivity index (χ1v) is 9.14. The average Bonchev–Trinajstić information content (AvgIpc) is 3.06. The van der Waals surface area contributed by atoms with Crippen molar-refractivity contribution in [3.8, 4) is 11.9 Å². The normalized spacial score (nSPS) is 19.8. The van der Waals surface area contributed by atoms with E-state index in [0.29, 0.717) is 31.6 Å². The molecular formula is C18H28N4O4. The minimum Gasteiger partial charge on any atom is -0.481 e. The first kappa shape index (κ1) is 18.7. The first-order valence-electron chi connectivity index (χ1n) is 9.14. The van der Waals surface area contributed by atoms with Gasteiger partial charge in [-0.05, 0) is 46.6 Å². The van der Waals surface area contributed by atoms with E-state index in [1.54, 1.807) is 12.0 Å². The molecular weight excluding hydrogens is 336 g/mol. The van der Waals surface area contributed by atoms with Gasteiger partial charge in [0.15, 0.2) is 0 Å². The van der Waals surface area contributed by atoms with Gasteiger partial charge in [0.1, 0.15) is 12.2 Å². The van der Waals surface area contributed by atoms with Crippen molar-refractivity contribution in [2.75, 3.05) is 26.8 Å². The number of nitrogens with one attached hydrogen (secondary N) is 1. The molecule has 0 aromatic carbocycles. The molecule has 0 saturated carbocycles. The Kier molecular flexibility index (Phi) is 5.50. The lowest BCUT2D eigenvalue weighted by molar-refractivity contribution is 0.0183. The number of carbonyl (C=O) groups is 1. The van der Waals surface area contributed by atoms with E-state index in [1.165, 1.54) is 0 Å². The van der Waals surface area contributed by atoms with Crippen LogP contribution in [0.15, 0.2) is 0 Å². The van der Waals surface area contributed by atoms with Gasteiger partial charge in [0.05, 0.1) is 18.8 Å². The van der Waals surface area contributed by atoms with Gasteiger partial charge in [-0.25, -0.2) is 4.79 Å². The lowest BCUT2D eigenvalue weighted by atomic mass is 10.1. The summed E-state index contributed by atoms with van der Waals surface area (Å²) in [7, 11) is 1.61. The van der Waals surface area contributed by atoms with Gasteiger partial charge >= 0.3 is 12.1 Å². The summed E-state index contributed by atoms with van der Waals surface area (Å²) in [4.78, 5) is 23.0. The maximum absolute atomic E-state index is 12.4. The van der Waals surface area contributed by atoms with E-state index >= 15 is 0 Å². The summed E-state index contributed by atoms with van der Waals surface area (Å²) >= 11 is 0. The molecule has 0 bridgehead atoms. The zero-order chi connectivity index (χ0) is 18.7. The van der Waals surface area contributed by atoms with Gasteiger partial charge in [-0.2, -0.15) is 9.97 Å². The van der Waals surface area contributed by atoms with Crippen molar-refractivity contribution in [2.45, 2.75) is 58.2 Å². The second-order valence-electron chi connectivity index (χ2n) is 7.65. The van der Waals surface area contributed by atoms with Crippen molar-refractivity contribution in [1.82, 2.24) is 20.2 Å². The lowest BCUT2D eigenvalue weighted by Gasteiger charge is -2.28. The summed E-state index contributed by atoms with van der Waals surface area (Å²) in [5, 5.41) is 3.29. The molecule has 0 spiro atoms. The number of nitrogens with zero attached hydrogens (tertiary/aromatic N) is 3. The number of hydrogen-bond donors (Lipinski definition) is 1. The van der Waals surface area contributed by atoms with Crippen molar-refractivity contribution in [2.24, 2.45) is 0 Å². The van der Waals surface area contributed by atoms with Crippen LogP contribution in [0.25, 0.3) is 0 Å². The predicted molar refractivity (Wildman–Crippen MR) is 95.5 cm³/mol. The maximum Gasteiger partial charge on any atom is 0.410 e. The third kappa shape index (κ3) is 4.35. The van der Waals surface area contributed by atoms with Crippen LogP contribution in [0.1, 0.15) is 44.9 Å². The largest absolute Gasteiger partial charge is 0.481 e. The Morgan fingerprint density at radius 2 is 2.15 bits per heavy atom. The van der Waals surface area contributed by atoms with Gasteiger partial charge < -0.3 is 24.4 Å². The highest BCUT2D eigenvalue weighted by Gasteiger charge is 2.33. The zero-order valence-corrected chi connectivity index (χ0v) is 16.0. The summed E-state index contributed by atoms with van der Waals surface area (Å²) in [5.74, 6) is 0.571. The molecule has 26 heavy (non-hydrogen) atoms. The lowest BCUT2D eigenvalue weighted by Crippen LogP contribution is -2.42. The number of carbonyl (C=O) groups excluding carboxylic acids is 1. The first-order chi connectivity index (χ1) is 12.4. The topological polar surface area (TPSA) is 85.8 Å². The number of methoxy groups -OCH3 is 1. The van der Waals surface area contributed by atoms with Gasteiger partial charge in [-0.3, -0.25) is 0 Å². The molecule has 3 rings (SSSR count). The minimum atomic E-state index is -0.507. The van der Waals surface area contributed by atoms with Gasteiger partial charge in [-0.15, -0.1) is 0 Å². The highest BCUT2D eigenvalue weighted by molar-refractivity contribution is 5.69. The van der Waals surface area contributed by atoms with E-state index in [-0.39, 0.29) is 12.1 Å². The molecule has 3 heterocycles. The molecule has 1 unspecified atom stereocenters. The van der Waals surface area contributed by atoms with Crippen LogP contribution in [-0.4, -0.2) is 59.4 Å². The minimum absolute atomic E-state index is 0.0337. The van der Waals surface area contributed by atoms with Crippen LogP contribution < -0.4 is 14.8 Å². The molecule has 144 valence electrons. The smallest absolute Gasteiger partial charge is 0.410 e. The molecule has 0 radical (unpaired) electrons. The van der Waals surface area contributed by atoms with E-state index in [4.69, 9.17) is 14.2 Å².